The van der Waals surface area contributed by atoms with Crippen LogP contribution >= 0.6 is 0 Å². The number of nitrogens with one attached hydrogen (secondary N) is 1. The number of hydrogen-bond donors (Lipinski definition) is 1. The number of rotatable bonds is 4. The molecule has 1 saturated heterocycles. The minimum atomic E-state index is -0.251. The Morgan fingerprint density at radius 3 is 2.16 bits per heavy atom. The highest BCUT2D eigenvalue weighted by atomic mass is 16.7. The van der Waals surface area contributed by atoms with Gasteiger partial charge < -0.3 is 19.4 Å². The lowest BCUT2D eigenvalue weighted by Crippen LogP contribution is -1.99. The van der Waals surface area contributed by atoms with Crippen molar-refractivity contribution < 1.29 is 9.47 Å². The first kappa shape index (κ1) is 18.2. The van der Waals surface area contributed by atoms with Gasteiger partial charge in [-0.05, 0) is 48.5 Å². The molecular weight excluding hydrogens is 384 g/mol. The van der Waals surface area contributed by atoms with Crippen LogP contribution in [0.15, 0.2) is 97.1 Å². The molecule has 0 spiro atoms. The van der Waals surface area contributed by atoms with Crippen molar-refractivity contribution in [3.8, 4) is 5.69 Å². The average Bonchev–Trinajstić information content (AvgIpc) is 3.47. The molecule has 0 aliphatic carbocycles. The summed E-state index contributed by atoms with van der Waals surface area (Å²) in [5.74, 6) is 0. The zero-order valence-corrected chi connectivity index (χ0v) is 17.0. The minimum absolute atomic E-state index is 0.251. The zero-order valence-electron chi connectivity index (χ0n) is 17.0. The summed E-state index contributed by atoms with van der Waals surface area (Å²) in [5.41, 5.74) is 6.70. The normalized spacial score (nSPS) is 14.5. The van der Waals surface area contributed by atoms with Gasteiger partial charge in [-0.1, -0.05) is 48.5 Å². The van der Waals surface area contributed by atoms with E-state index in [1.54, 1.807) is 0 Å². The largest absolute Gasteiger partial charge is 0.356 e. The molecule has 0 radical (unpaired) electrons. The van der Waals surface area contributed by atoms with Crippen LogP contribution in [0, 0.1) is 0 Å². The molecule has 0 saturated carbocycles. The van der Waals surface area contributed by atoms with Gasteiger partial charge in [-0.2, -0.15) is 0 Å². The Bertz CT molecular complexity index is 1350. The molecule has 4 heteroatoms. The highest BCUT2D eigenvalue weighted by Crippen LogP contribution is 2.35. The third-order valence-electron chi connectivity index (χ3n) is 5.78. The Morgan fingerprint density at radius 1 is 0.645 bits per heavy atom. The molecule has 0 atom stereocenters. The summed E-state index contributed by atoms with van der Waals surface area (Å²) < 4.78 is 13.6. The second-order valence-corrected chi connectivity index (χ2v) is 7.74. The SMILES string of the molecule is c1ccc(Nc2ccc3c(c2)c2ccccc2n3-c2ccc(C3OCCO3)cc2)cc1. The molecule has 4 aromatic carbocycles. The quantitative estimate of drug-likeness (QED) is 0.366. The number of anilines is 2. The summed E-state index contributed by atoms with van der Waals surface area (Å²) >= 11 is 0. The topological polar surface area (TPSA) is 35.4 Å². The van der Waals surface area contributed by atoms with Crippen molar-refractivity contribution in [2.24, 2.45) is 0 Å². The van der Waals surface area contributed by atoms with Crippen molar-refractivity contribution in [1.82, 2.24) is 4.57 Å². The summed E-state index contributed by atoms with van der Waals surface area (Å²) in [6, 6.07) is 33.8. The number of hydrogen-bond acceptors (Lipinski definition) is 3. The molecule has 31 heavy (non-hydrogen) atoms. The molecule has 1 N–H and O–H groups in total. The number of nitrogens with zero attached hydrogens (tertiary/aromatic N) is 1. The van der Waals surface area contributed by atoms with Crippen molar-refractivity contribution in [3.05, 3.63) is 103 Å². The van der Waals surface area contributed by atoms with E-state index in [9.17, 15) is 0 Å². The summed E-state index contributed by atoms with van der Waals surface area (Å²) in [6.07, 6.45) is -0.251. The van der Waals surface area contributed by atoms with Crippen LogP contribution in [0.2, 0.25) is 0 Å². The van der Waals surface area contributed by atoms with Gasteiger partial charge in [0.05, 0.1) is 24.2 Å². The number of aromatic nitrogens is 1. The average molecular weight is 406 g/mol. The fourth-order valence-corrected chi connectivity index (χ4v) is 4.35. The minimum Gasteiger partial charge on any atom is -0.356 e. The van der Waals surface area contributed by atoms with Crippen molar-refractivity contribution in [3.63, 3.8) is 0 Å². The third-order valence-corrected chi connectivity index (χ3v) is 5.78. The monoisotopic (exact) mass is 406 g/mol. The van der Waals surface area contributed by atoms with Gasteiger partial charge in [-0.3, -0.25) is 0 Å². The van der Waals surface area contributed by atoms with Gasteiger partial charge in [0.15, 0.2) is 6.29 Å². The zero-order chi connectivity index (χ0) is 20.6. The number of para-hydroxylation sites is 2. The smallest absolute Gasteiger partial charge is 0.184 e. The van der Waals surface area contributed by atoms with Crippen LogP contribution < -0.4 is 5.32 Å². The summed E-state index contributed by atoms with van der Waals surface area (Å²) in [6.45, 7) is 1.30. The molecule has 1 aliphatic heterocycles. The van der Waals surface area contributed by atoms with E-state index in [2.05, 4.69) is 88.7 Å². The molecule has 5 aromatic rings. The molecule has 2 heterocycles. The van der Waals surface area contributed by atoms with E-state index in [0.29, 0.717) is 13.2 Å². The lowest BCUT2D eigenvalue weighted by Gasteiger charge is -2.12. The van der Waals surface area contributed by atoms with Gasteiger partial charge in [0.2, 0.25) is 0 Å². The molecular formula is C27H22N2O2. The second-order valence-electron chi connectivity index (χ2n) is 7.74. The highest BCUT2D eigenvalue weighted by Gasteiger charge is 2.18. The second kappa shape index (κ2) is 7.58. The van der Waals surface area contributed by atoms with Gasteiger partial charge in [0, 0.05) is 33.4 Å². The molecule has 152 valence electrons. The van der Waals surface area contributed by atoms with Crippen LogP contribution in [0.5, 0.6) is 0 Å². The molecule has 1 fully saturated rings. The molecule has 0 amide bonds. The Balaban J connectivity index is 1.46. The van der Waals surface area contributed by atoms with E-state index in [-0.39, 0.29) is 6.29 Å². The number of benzene rings is 4. The van der Waals surface area contributed by atoms with E-state index < -0.39 is 0 Å². The maximum atomic E-state index is 5.64. The molecule has 0 bridgehead atoms. The lowest BCUT2D eigenvalue weighted by atomic mass is 10.1. The maximum Gasteiger partial charge on any atom is 0.184 e. The predicted molar refractivity (Wildman–Crippen MR) is 125 cm³/mol. The van der Waals surface area contributed by atoms with Crippen molar-refractivity contribution in [2.45, 2.75) is 6.29 Å². The molecule has 6 rings (SSSR count). The van der Waals surface area contributed by atoms with E-state index >= 15 is 0 Å². The fourth-order valence-electron chi connectivity index (χ4n) is 4.35. The first-order valence-electron chi connectivity index (χ1n) is 10.6. The Kier molecular flexibility index (Phi) is 4.45. The highest BCUT2D eigenvalue weighted by molar-refractivity contribution is 6.10. The van der Waals surface area contributed by atoms with E-state index in [4.69, 9.17) is 9.47 Å². The van der Waals surface area contributed by atoms with Crippen LogP contribution in [-0.4, -0.2) is 17.8 Å². The van der Waals surface area contributed by atoms with E-state index in [0.717, 1.165) is 22.6 Å². The van der Waals surface area contributed by atoms with Crippen molar-refractivity contribution >= 4 is 33.2 Å². The summed E-state index contributed by atoms with van der Waals surface area (Å²) in [7, 11) is 0. The van der Waals surface area contributed by atoms with Crippen LogP contribution in [0.4, 0.5) is 11.4 Å². The fraction of sp³-hybridized carbons (Fsp3) is 0.111. The summed E-state index contributed by atoms with van der Waals surface area (Å²) in [5, 5.41) is 5.97. The molecule has 0 unspecified atom stereocenters. The number of fused-ring (bicyclic) bond motifs is 3. The van der Waals surface area contributed by atoms with Crippen LogP contribution in [0.3, 0.4) is 0 Å². The standard InChI is InChI=1S/C27H22N2O2/c1-2-6-20(7-3-1)28-21-12-15-26-24(18-21)23-8-4-5-9-25(23)29(26)22-13-10-19(11-14-22)27-30-16-17-31-27/h1-15,18,27-28H,16-17H2. The van der Waals surface area contributed by atoms with Crippen LogP contribution in [-0.2, 0) is 9.47 Å². The van der Waals surface area contributed by atoms with Crippen molar-refractivity contribution in [1.29, 1.82) is 0 Å². The first-order chi connectivity index (χ1) is 15.4. The van der Waals surface area contributed by atoms with Crippen LogP contribution in [0.1, 0.15) is 11.9 Å². The third kappa shape index (κ3) is 3.26. The van der Waals surface area contributed by atoms with Gasteiger partial charge in [-0.25, -0.2) is 0 Å². The first-order valence-corrected chi connectivity index (χ1v) is 10.6. The Labute approximate surface area is 180 Å². The molecule has 4 nitrogen and oxygen atoms in total. The number of ether oxygens (including phenoxy) is 2. The Hall–Kier alpha value is -3.60. The predicted octanol–water partition coefficient (Wildman–Crippen LogP) is 6.57. The van der Waals surface area contributed by atoms with Crippen LogP contribution in [0.25, 0.3) is 27.5 Å². The van der Waals surface area contributed by atoms with E-state index in [1.807, 2.05) is 18.2 Å². The lowest BCUT2D eigenvalue weighted by molar-refractivity contribution is -0.0441. The molecule has 1 aromatic heterocycles. The van der Waals surface area contributed by atoms with Gasteiger partial charge in [-0.15, -0.1) is 0 Å². The maximum absolute atomic E-state index is 5.64. The molecule has 1 aliphatic rings. The van der Waals surface area contributed by atoms with Crippen molar-refractivity contribution in [2.75, 3.05) is 18.5 Å². The Morgan fingerprint density at radius 2 is 1.35 bits per heavy atom. The van der Waals surface area contributed by atoms with Gasteiger partial charge in [0.1, 0.15) is 0 Å². The summed E-state index contributed by atoms with van der Waals surface area (Å²) in [4.78, 5) is 0. The van der Waals surface area contributed by atoms with E-state index in [1.165, 1.54) is 21.8 Å². The van der Waals surface area contributed by atoms with Gasteiger partial charge in [0.25, 0.3) is 0 Å². The van der Waals surface area contributed by atoms with Gasteiger partial charge >= 0.3 is 0 Å².